The maximum Gasteiger partial charge on any atom is 0.354 e. The van der Waals surface area contributed by atoms with Gasteiger partial charge in [-0.2, -0.15) is 0 Å². The van der Waals surface area contributed by atoms with Crippen molar-refractivity contribution in [3.63, 3.8) is 0 Å². The summed E-state index contributed by atoms with van der Waals surface area (Å²) in [7, 11) is 1.37. The second-order valence-corrected chi connectivity index (χ2v) is 4.65. The Kier molecular flexibility index (Phi) is 3.80. The molecule has 0 saturated carbocycles. The highest BCUT2D eigenvalue weighted by Crippen LogP contribution is 2.32. The molecule has 0 atom stereocenters. The highest BCUT2D eigenvalue weighted by Gasteiger charge is 2.18. The Labute approximate surface area is 121 Å². The highest BCUT2D eigenvalue weighted by atomic mass is 19.1. The van der Waals surface area contributed by atoms with Crippen LogP contribution in [0.25, 0.3) is 11.3 Å². The van der Waals surface area contributed by atoms with Gasteiger partial charge < -0.3 is 15.6 Å². The van der Waals surface area contributed by atoms with Crippen LogP contribution in [-0.4, -0.2) is 23.2 Å². The standard InChI is InChI=1S/C15H15FN2O3/c1-7-4-5-9(12(16)14(7)21-3)11-6-10(17)8(2)13(18-11)15(19)20/h4-6H,1-3H3,(H2,17,18)(H,19,20). The van der Waals surface area contributed by atoms with Crippen LogP contribution in [0.4, 0.5) is 10.1 Å². The van der Waals surface area contributed by atoms with E-state index in [2.05, 4.69) is 4.98 Å². The number of aromatic carboxylic acids is 1. The molecular weight excluding hydrogens is 275 g/mol. The largest absolute Gasteiger partial charge is 0.493 e. The third-order valence-corrected chi connectivity index (χ3v) is 3.29. The fourth-order valence-electron chi connectivity index (χ4n) is 2.08. The van der Waals surface area contributed by atoms with Gasteiger partial charge in [0, 0.05) is 16.8 Å². The van der Waals surface area contributed by atoms with E-state index in [1.54, 1.807) is 19.9 Å². The van der Waals surface area contributed by atoms with E-state index in [1.165, 1.54) is 19.2 Å². The van der Waals surface area contributed by atoms with Crippen LogP contribution in [0.15, 0.2) is 18.2 Å². The summed E-state index contributed by atoms with van der Waals surface area (Å²) in [6.07, 6.45) is 0. The smallest absolute Gasteiger partial charge is 0.354 e. The summed E-state index contributed by atoms with van der Waals surface area (Å²) in [5.41, 5.74) is 7.14. The Morgan fingerprint density at radius 1 is 1.38 bits per heavy atom. The number of anilines is 1. The first-order valence-electron chi connectivity index (χ1n) is 6.20. The van der Waals surface area contributed by atoms with Crippen molar-refractivity contribution in [2.45, 2.75) is 13.8 Å². The summed E-state index contributed by atoms with van der Waals surface area (Å²) in [6, 6.07) is 4.65. The molecule has 0 aliphatic rings. The molecule has 0 unspecified atom stereocenters. The van der Waals surface area contributed by atoms with Crippen LogP contribution in [0, 0.1) is 19.7 Å². The van der Waals surface area contributed by atoms with Gasteiger partial charge in [-0.25, -0.2) is 14.2 Å². The van der Waals surface area contributed by atoms with Crippen molar-refractivity contribution in [1.29, 1.82) is 0 Å². The molecule has 110 valence electrons. The Bertz CT molecular complexity index is 729. The molecule has 1 aromatic heterocycles. The molecular formula is C15H15FN2O3. The van der Waals surface area contributed by atoms with Crippen molar-refractivity contribution in [2.75, 3.05) is 12.8 Å². The van der Waals surface area contributed by atoms with Gasteiger partial charge in [-0.15, -0.1) is 0 Å². The van der Waals surface area contributed by atoms with Gasteiger partial charge in [-0.3, -0.25) is 0 Å². The third kappa shape index (κ3) is 2.52. The number of hydrogen-bond acceptors (Lipinski definition) is 4. The fourth-order valence-corrected chi connectivity index (χ4v) is 2.08. The van der Waals surface area contributed by atoms with E-state index < -0.39 is 11.8 Å². The van der Waals surface area contributed by atoms with Crippen LogP contribution in [0.5, 0.6) is 5.75 Å². The summed E-state index contributed by atoms with van der Waals surface area (Å²) in [5.74, 6) is -1.70. The van der Waals surface area contributed by atoms with E-state index in [1.807, 2.05) is 0 Å². The van der Waals surface area contributed by atoms with E-state index in [4.69, 9.17) is 15.6 Å². The van der Waals surface area contributed by atoms with Crippen LogP contribution in [0.3, 0.4) is 0 Å². The van der Waals surface area contributed by atoms with Crippen molar-refractivity contribution in [3.8, 4) is 17.0 Å². The number of aromatic nitrogens is 1. The van der Waals surface area contributed by atoms with Crippen LogP contribution in [0.1, 0.15) is 21.6 Å². The van der Waals surface area contributed by atoms with Gasteiger partial charge in [0.05, 0.1) is 12.8 Å². The molecule has 0 aliphatic carbocycles. The number of methoxy groups -OCH3 is 1. The first kappa shape index (κ1) is 14.8. The number of pyridine rings is 1. The Morgan fingerprint density at radius 2 is 2.05 bits per heavy atom. The molecule has 21 heavy (non-hydrogen) atoms. The highest BCUT2D eigenvalue weighted by molar-refractivity contribution is 5.90. The number of nitrogens with two attached hydrogens (primary N) is 1. The number of hydrogen-bond donors (Lipinski definition) is 2. The summed E-state index contributed by atoms with van der Waals surface area (Å²) < 4.78 is 19.5. The summed E-state index contributed by atoms with van der Waals surface area (Å²) in [4.78, 5) is 15.2. The Morgan fingerprint density at radius 3 is 2.62 bits per heavy atom. The summed E-state index contributed by atoms with van der Waals surface area (Å²) in [6.45, 7) is 3.27. The van der Waals surface area contributed by atoms with E-state index in [-0.39, 0.29) is 28.4 Å². The number of ether oxygens (including phenoxy) is 1. The van der Waals surface area contributed by atoms with Crippen molar-refractivity contribution in [3.05, 3.63) is 40.8 Å². The topological polar surface area (TPSA) is 85.4 Å². The van der Waals surface area contributed by atoms with Gasteiger partial charge in [-0.05, 0) is 31.5 Å². The number of benzene rings is 1. The van der Waals surface area contributed by atoms with Gasteiger partial charge in [0.1, 0.15) is 0 Å². The normalized spacial score (nSPS) is 10.5. The molecule has 0 spiro atoms. The van der Waals surface area contributed by atoms with Crippen LogP contribution >= 0.6 is 0 Å². The zero-order valence-electron chi connectivity index (χ0n) is 11.9. The zero-order chi connectivity index (χ0) is 15.7. The molecule has 0 bridgehead atoms. The van der Waals surface area contributed by atoms with E-state index >= 15 is 0 Å². The minimum absolute atomic E-state index is 0.102. The summed E-state index contributed by atoms with van der Waals surface area (Å²) >= 11 is 0. The van der Waals surface area contributed by atoms with Crippen molar-refractivity contribution in [2.24, 2.45) is 0 Å². The minimum atomic E-state index is -1.21. The number of halogens is 1. The second kappa shape index (κ2) is 5.40. The number of carbonyl (C=O) groups is 1. The lowest BCUT2D eigenvalue weighted by Crippen LogP contribution is -2.08. The SMILES string of the molecule is COc1c(C)ccc(-c2cc(N)c(C)c(C(=O)O)n2)c1F. The van der Waals surface area contributed by atoms with Gasteiger partial charge in [-0.1, -0.05) is 6.07 Å². The van der Waals surface area contributed by atoms with Crippen molar-refractivity contribution >= 4 is 11.7 Å². The average Bonchev–Trinajstić information content (AvgIpc) is 2.42. The lowest BCUT2D eigenvalue weighted by Gasteiger charge is -2.12. The van der Waals surface area contributed by atoms with Crippen LogP contribution < -0.4 is 10.5 Å². The predicted molar refractivity (Wildman–Crippen MR) is 77.0 cm³/mol. The molecule has 1 heterocycles. The number of nitrogen functional groups attached to an aromatic ring is 1. The third-order valence-electron chi connectivity index (χ3n) is 3.29. The second-order valence-electron chi connectivity index (χ2n) is 4.65. The van der Waals surface area contributed by atoms with Gasteiger partial charge >= 0.3 is 5.97 Å². The summed E-state index contributed by atoms with van der Waals surface area (Å²) in [5, 5.41) is 9.14. The zero-order valence-corrected chi connectivity index (χ0v) is 11.9. The molecule has 0 radical (unpaired) electrons. The first-order valence-corrected chi connectivity index (χ1v) is 6.20. The lowest BCUT2D eigenvalue weighted by atomic mass is 10.0. The molecule has 0 fully saturated rings. The monoisotopic (exact) mass is 290 g/mol. The van der Waals surface area contributed by atoms with Gasteiger partial charge in [0.2, 0.25) is 0 Å². The molecule has 5 nitrogen and oxygen atoms in total. The number of aryl methyl sites for hydroxylation is 1. The van der Waals surface area contributed by atoms with Crippen LogP contribution in [-0.2, 0) is 0 Å². The van der Waals surface area contributed by atoms with E-state index in [9.17, 15) is 9.18 Å². The van der Waals surface area contributed by atoms with E-state index in [0.29, 0.717) is 11.1 Å². The predicted octanol–water partition coefficient (Wildman–Crippen LogP) is 2.79. The average molecular weight is 290 g/mol. The van der Waals surface area contributed by atoms with E-state index in [0.717, 1.165) is 0 Å². The molecule has 0 amide bonds. The number of carboxylic acids is 1. The fraction of sp³-hybridized carbons (Fsp3) is 0.200. The van der Waals surface area contributed by atoms with Gasteiger partial charge in [0.15, 0.2) is 17.3 Å². The Balaban J connectivity index is 2.71. The molecule has 1 aromatic carbocycles. The molecule has 2 rings (SSSR count). The van der Waals surface area contributed by atoms with Gasteiger partial charge in [0.25, 0.3) is 0 Å². The number of carboxylic acid groups (broad SMARTS) is 1. The minimum Gasteiger partial charge on any atom is -0.493 e. The molecule has 2 aromatic rings. The van der Waals surface area contributed by atoms with Crippen molar-refractivity contribution in [1.82, 2.24) is 4.98 Å². The number of nitrogens with zero attached hydrogens (tertiary/aromatic N) is 1. The number of rotatable bonds is 3. The molecule has 6 heteroatoms. The first-order chi connectivity index (χ1) is 9.86. The molecule has 3 N–H and O–H groups in total. The quantitative estimate of drug-likeness (QED) is 0.907. The van der Waals surface area contributed by atoms with Crippen LogP contribution in [0.2, 0.25) is 0 Å². The molecule has 0 aliphatic heterocycles. The maximum absolute atomic E-state index is 14.4. The van der Waals surface area contributed by atoms with Crippen molar-refractivity contribution < 1.29 is 19.0 Å². The molecule has 0 saturated heterocycles. The Hall–Kier alpha value is -2.63. The maximum atomic E-state index is 14.4. The lowest BCUT2D eigenvalue weighted by molar-refractivity contribution is 0.0690.